The predicted molar refractivity (Wildman–Crippen MR) is 109 cm³/mol. The minimum atomic E-state index is -2.72. The Labute approximate surface area is 172 Å². The first-order valence-electron chi connectivity index (χ1n) is 9.61. The highest BCUT2D eigenvalue weighted by Gasteiger charge is 2.40. The maximum Gasteiger partial charge on any atom is 0.266 e. The highest BCUT2D eigenvalue weighted by atomic mass is 35.5. The molecule has 4 rings (SSSR count). The van der Waals surface area contributed by atoms with E-state index in [1.165, 1.54) is 0 Å². The first-order chi connectivity index (χ1) is 13.6. The number of nitrogens with zero attached hydrogens (tertiary/aromatic N) is 6. The molecular weight excluding hydrogens is 398 g/mol. The first kappa shape index (κ1) is 19.9. The number of hydrogen-bond donors (Lipinski definition) is 0. The molecule has 29 heavy (non-hydrogen) atoms. The summed E-state index contributed by atoms with van der Waals surface area (Å²) in [6.07, 6.45) is 0.504. The number of anilines is 1. The van der Waals surface area contributed by atoms with Crippen molar-refractivity contribution in [3.63, 3.8) is 0 Å². The van der Waals surface area contributed by atoms with Gasteiger partial charge in [-0.2, -0.15) is 4.80 Å². The van der Waals surface area contributed by atoms with Crippen LogP contribution in [0.25, 0.3) is 11.2 Å². The van der Waals surface area contributed by atoms with E-state index in [1.807, 2.05) is 45.0 Å². The fourth-order valence-electron chi connectivity index (χ4n) is 3.33. The molecule has 0 saturated carbocycles. The number of halogens is 3. The van der Waals surface area contributed by atoms with Gasteiger partial charge in [0.05, 0.1) is 13.1 Å². The summed E-state index contributed by atoms with van der Waals surface area (Å²) < 4.78 is 27.6. The largest absolute Gasteiger partial charge is 0.348 e. The van der Waals surface area contributed by atoms with Crippen molar-refractivity contribution in [1.29, 1.82) is 0 Å². The van der Waals surface area contributed by atoms with Crippen LogP contribution in [0.1, 0.15) is 38.6 Å². The molecule has 0 unspecified atom stereocenters. The van der Waals surface area contributed by atoms with Gasteiger partial charge in [-0.25, -0.2) is 18.7 Å². The third-order valence-corrected chi connectivity index (χ3v) is 5.14. The number of alkyl halides is 2. The van der Waals surface area contributed by atoms with E-state index in [1.54, 1.807) is 9.70 Å². The van der Waals surface area contributed by atoms with Gasteiger partial charge in [-0.1, -0.05) is 44.5 Å². The molecule has 0 bridgehead atoms. The Bertz CT molecular complexity index is 1040. The molecule has 0 N–H and O–H groups in total. The molecule has 1 aliphatic rings. The minimum Gasteiger partial charge on any atom is -0.348 e. The Morgan fingerprint density at radius 3 is 2.62 bits per heavy atom. The standard InChI is InChI=1S/C20H23ClF2N6/c1-19(2,3)18-24-16-15(17(25-18)28-10-8-20(22,23)12-28)26-29(27-16)9-7-13-5-4-6-14(21)11-13/h4-6,11H,7-10,12H2,1-3H3. The van der Waals surface area contributed by atoms with Crippen LogP contribution in [-0.2, 0) is 18.4 Å². The quantitative estimate of drug-likeness (QED) is 0.631. The van der Waals surface area contributed by atoms with Crippen molar-refractivity contribution in [1.82, 2.24) is 25.0 Å². The molecule has 1 aliphatic heterocycles. The first-order valence-corrected chi connectivity index (χ1v) is 9.99. The molecule has 1 saturated heterocycles. The van der Waals surface area contributed by atoms with Crippen molar-refractivity contribution < 1.29 is 8.78 Å². The highest BCUT2D eigenvalue weighted by molar-refractivity contribution is 6.30. The number of aryl methyl sites for hydroxylation is 2. The Kier molecular flexibility index (Phi) is 4.93. The van der Waals surface area contributed by atoms with E-state index in [9.17, 15) is 8.78 Å². The third-order valence-electron chi connectivity index (χ3n) is 4.90. The second-order valence-corrected chi connectivity index (χ2v) is 8.93. The van der Waals surface area contributed by atoms with Crippen LogP contribution in [0.2, 0.25) is 5.02 Å². The van der Waals surface area contributed by atoms with Gasteiger partial charge in [0.15, 0.2) is 11.3 Å². The van der Waals surface area contributed by atoms with Crippen LogP contribution in [-0.4, -0.2) is 44.0 Å². The third kappa shape index (κ3) is 4.32. The van der Waals surface area contributed by atoms with E-state index in [2.05, 4.69) is 20.2 Å². The van der Waals surface area contributed by atoms with Gasteiger partial charge in [0.1, 0.15) is 5.82 Å². The smallest absolute Gasteiger partial charge is 0.266 e. The van der Waals surface area contributed by atoms with E-state index < -0.39 is 5.92 Å². The fourth-order valence-corrected chi connectivity index (χ4v) is 3.54. The summed E-state index contributed by atoms with van der Waals surface area (Å²) >= 11 is 6.04. The van der Waals surface area contributed by atoms with Gasteiger partial charge in [0.25, 0.3) is 5.92 Å². The fraction of sp³-hybridized carbons (Fsp3) is 0.500. The molecule has 0 atom stereocenters. The number of hydrogen-bond acceptors (Lipinski definition) is 5. The molecule has 0 radical (unpaired) electrons. The topological polar surface area (TPSA) is 59.7 Å². The molecule has 1 aromatic carbocycles. The predicted octanol–water partition coefficient (Wildman–Crippen LogP) is 4.26. The Morgan fingerprint density at radius 1 is 1.17 bits per heavy atom. The molecule has 2 aromatic heterocycles. The van der Waals surface area contributed by atoms with Gasteiger partial charge in [0.2, 0.25) is 5.65 Å². The molecule has 154 valence electrons. The summed E-state index contributed by atoms with van der Waals surface area (Å²) in [5.41, 5.74) is 1.62. The van der Waals surface area contributed by atoms with Crippen LogP contribution in [0.5, 0.6) is 0 Å². The van der Waals surface area contributed by atoms with Crippen molar-refractivity contribution in [2.75, 3.05) is 18.0 Å². The van der Waals surface area contributed by atoms with Crippen molar-refractivity contribution in [2.45, 2.75) is 51.5 Å². The second kappa shape index (κ2) is 7.16. The molecule has 0 spiro atoms. The van der Waals surface area contributed by atoms with E-state index in [-0.39, 0.29) is 24.9 Å². The van der Waals surface area contributed by atoms with E-state index in [0.29, 0.717) is 40.8 Å². The average Bonchev–Trinajstić information content (AvgIpc) is 3.21. The van der Waals surface area contributed by atoms with Gasteiger partial charge in [-0.15, -0.1) is 10.2 Å². The molecular formula is C20H23ClF2N6. The van der Waals surface area contributed by atoms with Crippen molar-refractivity contribution >= 4 is 28.6 Å². The summed E-state index contributed by atoms with van der Waals surface area (Å²) in [5, 5.41) is 9.71. The summed E-state index contributed by atoms with van der Waals surface area (Å²) in [7, 11) is 0. The van der Waals surface area contributed by atoms with Crippen LogP contribution in [0.4, 0.5) is 14.6 Å². The van der Waals surface area contributed by atoms with Crippen LogP contribution >= 0.6 is 11.6 Å². The number of benzene rings is 1. The summed E-state index contributed by atoms with van der Waals surface area (Å²) in [5.74, 6) is -1.72. The van der Waals surface area contributed by atoms with Gasteiger partial charge in [-0.3, -0.25) is 0 Å². The molecule has 3 aromatic rings. The molecule has 3 heterocycles. The maximum absolute atomic E-state index is 13.8. The van der Waals surface area contributed by atoms with Gasteiger partial charge >= 0.3 is 0 Å². The lowest BCUT2D eigenvalue weighted by molar-refractivity contribution is 0.0257. The van der Waals surface area contributed by atoms with Crippen LogP contribution < -0.4 is 4.90 Å². The second-order valence-electron chi connectivity index (χ2n) is 8.50. The van der Waals surface area contributed by atoms with Crippen LogP contribution in [0.15, 0.2) is 24.3 Å². The van der Waals surface area contributed by atoms with E-state index in [0.717, 1.165) is 5.56 Å². The summed E-state index contributed by atoms with van der Waals surface area (Å²) in [6, 6.07) is 7.62. The van der Waals surface area contributed by atoms with E-state index in [4.69, 9.17) is 11.6 Å². The molecule has 9 heteroatoms. The monoisotopic (exact) mass is 420 g/mol. The molecule has 0 aliphatic carbocycles. The van der Waals surface area contributed by atoms with Gasteiger partial charge in [-0.05, 0) is 24.1 Å². The lowest BCUT2D eigenvalue weighted by atomic mass is 9.96. The molecule has 1 fully saturated rings. The molecule has 0 amide bonds. The normalized spacial score (nSPS) is 16.7. The molecule has 6 nitrogen and oxygen atoms in total. The van der Waals surface area contributed by atoms with Crippen molar-refractivity contribution in [2.24, 2.45) is 0 Å². The SMILES string of the molecule is CC(C)(C)c1nc(N2CCC(F)(F)C2)c2nn(CCc3cccc(Cl)c3)nc2n1. The van der Waals surface area contributed by atoms with Gasteiger partial charge in [0, 0.05) is 23.4 Å². The van der Waals surface area contributed by atoms with Crippen molar-refractivity contribution in [3.05, 3.63) is 40.7 Å². The number of fused-ring (bicyclic) bond motifs is 1. The minimum absolute atomic E-state index is 0.188. The van der Waals surface area contributed by atoms with Crippen LogP contribution in [0, 0.1) is 0 Å². The number of rotatable bonds is 4. The van der Waals surface area contributed by atoms with Crippen molar-refractivity contribution in [3.8, 4) is 0 Å². The lowest BCUT2D eigenvalue weighted by Gasteiger charge is -2.21. The Hall–Kier alpha value is -2.35. The average molecular weight is 421 g/mol. The number of aromatic nitrogens is 5. The van der Waals surface area contributed by atoms with Gasteiger partial charge < -0.3 is 4.90 Å². The highest BCUT2D eigenvalue weighted by Crippen LogP contribution is 2.33. The Balaban J connectivity index is 1.69. The maximum atomic E-state index is 13.8. The zero-order valence-electron chi connectivity index (χ0n) is 16.7. The summed E-state index contributed by atoms with van der Waals surface area (Å²) in [6.45, 7) is 6.35. The zero-order valence-corrected chi connectivity index (χ0v) is 17.4. The van der Waals surface area contributed by atoms with Crippen LogP contribution in [0.3, 0.4) is 0 Å². The summed E-state index contributed by atoms with van der Waals surface area (Å²) in [4.78, 5) is 12.3. The lowest BCUT2D eigenvalue weighted by Crippen LogP contribution is -2.27. The zero-order chi connectivity index (χ0) is 20.8. The van der Waals surface area contributed by atoms with E-state index >= 15 is 0 Å². The Morgan fingerprint density at radius 2 is 1.97 bits per heavy atom.